The number of nitrogens with one attached hydrogen (secondary N) is 2. The fraction of sp³-hybridized carbons (Fsp3) is 0.588. The van der Waals surface area contributed by atoms with Gasteiger partial charge in [-0.2, -0.15) is 13.2 Å². The first-order valence-electron chi connectivity index (χ1n) is 8.39. The highest BCUT2D eigenvalue weighted by atomic mass is 127. The number of nitrogens with zero attached hydrogens (tertiary/aromatic N) is 1. The lowest BCUT2D eigenvalue weighted by Gasteiger charge is -2.22. The molecule has 0 spiro atoms. The number of fused-ring (bicyclic) bond motifs is 2. The maximum absolute atomic E-state index is 12.9. The van der Waals surface area contributed by atoms with Gasteiger partial charge in [0.1, 0.15) is 12.4 Å². The Balaban J connectivity index is 0.00000243. The van der Waals surface area contributed by atoms with E-state index in [1.165, 1.54) is 18.2 Å². The van der Waals surface area contributed by atoms with E-state index in [0.29, 0.717) is 18.6 Å². The average molecular weight is 485 g/mol. The molecule has 2 bridgehead atoms. The van der Waals surface area contributed by atoms with E-state index in [1.54, 1.807) is 7.05 Å². The molecule has 2 aliphatic heterocycles. The lowest BCUT2D eigenvalue weighted by atomic mass is 9.96. The Morgan fingerprint density at radius 3 is 2.69 bits per heavy atom. The molecule has 1 aromatic carbocycles. The van der Waals surface area contributed by atoms with E-state index in [9.17, 15) is 13.2 Å². The molecule has 2 N–H and O–H groups in total. The number of benzene rings is 1. The topological polar surface area (TPSA) is 54.9 Å². The minimum absolute atomic E-state index is 0. The molecule has 3 rings (SSSR count). The van der Waals surface area contributed by atoms with Crippen molar-refractivity contribution in [3.05, 3.63) is 29.8 Å². The van der Waals surface area contributed by atoms with Gasteiger partial charge in [0.2, 0.25) is 0 Å². The third-order valence-corrected chi connectivity index (χ3v) is 4.50. The molecule has 5 nitrogen and oxygen atoms in total. The largest absolute Gasteiger partial charge is 0.491 e. The second kappa shape index (κ2) is 9.12. The van der Waals surface area contributed by atoms with Crippen LogP contribution in [-0.4, -0.2) is 44.4 Å². The molecule has 0 aromatic heterocycles. The van der Waals surface area contributed by atoms with Crippen molar-refractivity contribution in [1.29, 1.82) is 0 Å². The first-order valence-corrected chi connectivity index (χ1v) is 8.39. The van der Waals surface area contributed by atoms with Crippen LogP contribution in [-0.2, 0) is 10.9 Å². The third kappa shape index (κ3) is 5.15. The van der Waals surface area contributed by atoms with Crippen LogP contribution in [0.3, 0.4) is 0 Å². The van der Waals surface area contributed by atoms with Crippen LogP contribution >= 0.6 is 24.0 Å². The van der Waals surface area contributed by atoms with Crippen molar-refractivity contribution >= 4 is 29.9 Å². The molecule has 9 heteroatoms. The van der Waals surface area contributed by atoms with Crippen molar-refractivity contribution in [2.24, 2.45) is 4.99 Å². The Morgan fingerprint density at radius 1 is 1.31 bits per heavy atom. The van der Waals surface area contributed by atoms with Gasteiger partial charge in [-0.15, -0.1) is 24.0 Å². The predicted octanol–water partition coefficient (Wildman–Crippen LogP) is 3.19. The summed E-state index contributed by atoms with van der Waals surface area (Å²) in [5.74, 6) is 0.440. The molecule has 3 unspecified atom stereocenters. The second-order valence-corrected chi connectivity index (χ2v) is 6.20. The van der Waals surface area contributed by atoms with E-state index >= 15 is 0 Å². The van der Waals surface area contributed by atoms with Gasteiger partial charge in [0.05, 0.1) is 30.4 Å². The summed E-state index contributed by atoms with van der Waals surface area (Å²) in [4.78, 5) is 4.14. The molecule has 2 fully saturated rings. The molecular formula is C17H23F3IN3O2. The molecule has 0 aliphatic carbocycles. The summed E-state index contributed by atoms with van der Waals surface area (Å²) < 4.78 is 49.8. The average Bonchev–Trinajstić information content (AvgIpc) is 3.20. The number of aliphatic imine (C=N–C) groups is 1. The summed E-state index contributed by atoms with van der Waals surface area (Å²) in [7, 11) is 1.66. The zero-order valence-electron chi connectivity index (χ0n) is 14.4. The van der Waals surface area contributed by atoms with E-state index < -0.39 is 11.7 Å². The van der Waals surface area contributed by atoms with Crippen LogP contribution in [0.25, 0.3) is 0 Å². The molecule has 2 aliphatic rings. The van der Waals surface area contributed by atoms with Crippen LogP contribution in [0.2, 0.25) is 0 Å². The number of guanidine groups is 1. The number of rotatable bonds is 5. The summed E-state index contributed by atoms with van der Waals surface area (Å²) >= 11 is 0. The highest BCUT2D eigenvalue weighted by Crippen LogP contribution is 2.36. The van der Waals surface area contributed by atoms with Gasteiger partial charge in [-0.05, 0) is 31.4 Å². The minimum atomic E-state index is -4.43. The summed E-state index contributed by atoms with van der Waals surface area (Å²) in [6.45, 7) is 0.439. The van der Waals surface area contributed by atoms with Gasteiger partial charge in [-0.3, -0.25) is 4.99 Å². The van der Waals surface area contributed by atoms with E-state index in [-0.39, 0.29) is 48.5 Å². The maximum Gasteiger partial charge on any atom is 0.419 e. The molecule has 2 saturated heterocycles. The van der Waals surface area contributed by atoms with Gasteiger partial charge in [-0.1, -0.05) is 12.1 Å². The summed E-state index contributed by atoms with van der Waals surface area (Å²) in [5.41, 5.74) is -0.767. The number of alkyl halides is 3. The quantitative estimate of drug-likeness (QED) is 0.291. The van der Waals surface area contributed by atoms with Crippen LogP contribution in [0.5, 0.6) is 5.75 Å². The standard InChI is InChI=1S/C17H22F3N3O2.HI/c1-21-16(23-13-10-11-6-7-15(13)25-11)22-8-9-24-14-5-3-2-4-12(14)17(18,19)20;/h2-5,11,13,15H,6-10H2,1H3,(H2,21,22,23);1H. The zero-order chi connectivity index (χ0) is 17.9. The normalized spacial score (nSPS) is 24.9. The van der Waals surface area contributed by atoms with E-state index in [0.717, 1.165) is 25.3 Å². The molecular weight excluding hydrogens is 462 g/mol. The van der Waals surface area contributed by atoms with Crippen LogP contribution in [0, 0.1) is 0 Å². The molecule has 26 heavy (non-hydrogen) atoms. The van der Waals surface area contributed by atoms with Crippen LogP contribution in [0.1, 0.15) is 24.8 Å². The second-order valence-electron chi connectivity index (χ2n) is 6.20. The van der Waals surface area contributed by atoms with Crippen LogP contribution in [0.15, 0.2) is 29.3 Å². The smallest absolute Gasteiger partial charge is 0.419 e. The molecule has 146 valence electrons. The Hall–Kier alpha value is -1.23. The van der Waals surface area contributed by atoms with Gasteiger partial charge in [-0.25, -0.2) is 0 Å². The van der Waals surface area contributed by atoms with Crippen molar-refractivity contribution in [3.8, 4) is 5.75 Å². The highest BCUT2D eigenvalue weighted by molar-refractivity contribution is 14.0. The molecule has 3 atom stereocenters. The van der Waals surface area contributed by atoms with Crippen LogP contribution in [0.4, 0.5) is 13.2 Å². The van der Waals surface area contributed by atoms with E-state index in [4.69, 9.17) is 9.47 Å². The molecule has 0 saturated carbocycles. The number of hydrogen-bond donors (Lipinski definition) is 2. The Bertz CT molecular complexity index is 628. The van der Waals surface area contributed by atoms with Crippen molar-refractivity contribution in [3.63, 3.8) is 0 Å². The van der Waals surface area contributed by atoms with Crippen molar-refractivity contribution in [2.45, 2.75) is 43.7 Å². The van der Waals surface area contributed by atoms with E-state index in [1.807, 2.05) is 0 Å². The molecule has 0 radical (unpaired) electrons. The van der Waals surface area contributed by atoms with Gasteiger partial charge in [0.15, 0.2) is 5.96 Å². The summed E-state index contributed by atoms with van der Waals surface area (Å²) in [5, 5.41) is 6.37. The molecule has 2 heterocycles. The zero-order valence-corrected chi connectivity index (χ0v) is 16.7. The number of para-hydroxylation sites is 1. The monoisotopic (exact) mass is 485 g/mol. The van der Waals surface area contributed by atoms with Crippen molar-refractivity contribution in [1.82, 2.24) is 10.6 Å². The Morgan fingerprint density at radius 2 is 2.08 bits per heavy atom. The van der Waals surface area contributed by atoms with Gasteiger partial charge >= 0.3 is 6.18 Å². The first kappa shape index (κ1) is 21.1. The predicted molar refractivity (Wildman–Crippen MR) is 103 cm³/mol. The first-order chi connectivity index (χ1) is 12.0. The molecule has 0 amide bonds. The minimum Gasteiger partial charge on any atom is -0.491 e. The maximum atomic E-state index is 12.9. The number of ether oxygens (including phenoxy) is 2. The van der Waals surface area contributed by atoms with Gasteiger partial charge in [0.25, 0.3) is 0 Å². The van der Waals surface area contributed by atoms with Crippen molar-refractivity contribution in [2.75, 3.05) is 20.2 Å². The van der Waals surface area contributed by atoms with Gasteiger partial charge in [0, 0.05) is 7.05 Å². The van der Waals surface area contributed by atoms with Crippen LogP contribution < -0.4 is 15.4 Å². The van der Waals surface area contributed by atoms with E-state index in [2.05, 4.69) is 15.6 Å². The Kier molecular flexibility index (Phi) is 7.39. The molecule has 1 aromatic rings. The fourth-order valence-electron chi connectivity index (χ4n) is 3.32. The van der Waals surface area contributed by atoms with Crippen molar-refractivity contribution < 1.29 is 22.6 Å². The lowest BCUT2D eigenvalue weighted by Crippen LogP contribution is -2.48. The SMILES string of the molecule is CN=C(NCCOc1ccccc1C(F)(F)F)NC1CC2CCC1O2.I. The highest BCUT2D eigenvalue weighted by Gasteiger charge is 2.41. The van der Waals surface area contributed by atoms with Gasteiger partial charge < -0.3 is 20.1 Å². The third-order valence-electron chi connectivity index (χ3n) is 4.50. The summed E-state index contributed by atoms with van der Waals surface area (Å²) in [6, 6.07) is 5.43. The number of hydrogen-bond acceptors (Lipinski definition) is 3. The lowest BCUT2D eigenvalue weighted by molar-refractivity contribution is -0.138. The summed E-state index contributed by atoms with van der Waals surface area (Å²) in [6.07, 6.45) is -0.747. The number of halogens is 4. The fourth-order valence-corrected chi connectivity index (χ4v) is 3.32. The Labute approximate surface area is 167 Å².